The number of hydrogen-bond acceptors (Lipinski definition) is 3. The molecule has 1 aromatic carbocycles. The van der Waals surface area contributed by atoms with Gasteiger partial charge in [0.1, 0.15) is 0 Å². The van der Waals surface area contributed by atoms with Gasteiger partial charge in [0.25, 0.3) is 10.0 Å². The van der Waals surface area contributed by atoms with Crippen molar-refractivity contribution in [1.29, 1.82) is 0 Å². The summed E-state index contributed by atoms with van der Waals surface area (Å²) >= 11 is 5.69. The van der Waals surface area contributed by atoms with Crippen LogP contribution in [0.4, 0.5) is 4.79 Å². The van der Waals surface area contributed by atoms with Gasteiger partial charge in [-0.2, -0.15) is 0 Å². The highest BCUT2D eigenvalue weighted by Crippen LogP contribution is 2.18. The molecule has 0 aliphatic rings. The zero-order valence-corrected chi connectivity index (χ0v) is 13.5. The summed E-state index contributed by atoms with van der Waals surface area (Å²) in [4.78, 5) is 11.7. The molecule has 0 spiro atoms. The van der Waals surface area contributed by atoms with Gasteiger partial charge < -0.3 is 5.32 Å². The lowest BCUT2D eigenvalue weighted by Crippen LogP contribution is -2.47. The van der Waals surface area contributed by atoms with Gasteiger partial charge in [0.2, 0.25) is 0 Å². The molecule has 0 aromatic heterocycles. The van der Waals surface area contributed by atoms with Gasteiger partial charge in [-0.25, -0.2) is 17.9 Å². The summed E-state index contributed by atoms with van der Waals surface area (Å²) in [7, 11) is -3.89. The predicted molar refractivity (Wildman–Crippen MR) is 79.2 cm³/mol. The Morgan fingerprint density at radius 2 is 1.70 bits per heavy atom. The lowest BCUT2D eigenvalue weighted by Gasteiger charge is -2.27. The predicted octanol–water partition coefficient (Wildman–Crippen LogP) is 2.76. The second-order valence-corrected chi connectivity index (χ2v) is 7.74. The molecule has 1 unspecified atom stereocenters. The maximum Gasteiger partial charge on any atom is 0.328 e. The fourth-order valence-electron chi connectivity index (χ4n) is 1.24. The molecule has 1 atom stereocenters. The van der Waals surface area contributed by atoms with Crippen molar-refractivity contribution in [2.45, 2.75) is 38.6 Å². The number of carbonyl (C=O) groups is 1. The normalized spacial score (nSPS) is 13.7. The minimum absolute atomic E-state index is 0.0135. The largest absolute Gasteiger partial charge is 0.334 e. The Morgan fingerprint density at radius 1 is 1.20 bits per heavy atom. The summed E-state index contributed by atoms with van der Waals surface area (Å²) in [5.41, 5.74) is -0.165. The fraction of sp³-hybridized carbons (Fsp3) is 0.462. The van der Waals surface area contributed by atoms with Gasteiger partial charge in [0.05, 0.1) is 4.90 Å². The molecule has 1 rings (SSSR count). The van der Waals surface area contributed by atoms with Gasteiger partial charge in [-0.3, -0.25) is 0 Å². The summed E-state index contributed by atoms with van der Waals surface area (Å²) in [6.45, 7) is 7.66. The topological polar surface area (TPSA) is 75.3 Å². The SMILES string of the molecule is CC(NC(=O)NS(=O)(=O)c1ccc(Cl)cc1)C(C)(C)C. The first kappa shape index (κ1) is 16.8. The van der Waals surface area contributed by atoms with Gasteiger partial charge >= 0.3 is 6.03 Å². The Labute approximate surface area is 124 Å². The third-order valence-corrected chi connectivity index (χ3v) is 4.60. The van der Waals surface area contributed by atoms with Crippen LogP contribution in [0, 0.1) is 5.41 Å². The molecule has 0 radical (unpaired) electrons. The van der Waals surface area contributed by atoms with Crippen molar-refractivity contribution >= 4 is 27.7 Å². The second-order valence-electron chi connectivity index (χ2n) is 5.62. The molecule has 0 saturated carbocycles. The molecule has 0 fully saturated rings. The van der Waals surface area contributed by atoms with Gasteiger partial charge in [0.15, 0.2) is 0 Å². The highest BCUT2D eigenvalue weighted by molar-refractivity contribution is 7.90. The second kappa shape index (κ2) is 6.01. The highest BCUT2D eigenvalue weighted by Gasteiger charge is 2.24. The zero-order chi connectivity index (χ0) is 15.6. The monoisotopic (exact) mass is 318 g/mol. The number of sulfonamides is 1. The van der Waals surface area contributed by atoms with Gasteiger partial charge in [-0.15, -0.1) is 0 Å². The van der Waals surface area contributed by atoms with Crippen LogP contribution in [0.25, 0.3) is 0 Å². The van der Waals surface area contributed by atoms with E-state index in [1.165, 1.54) is 24.3 Å². The summed E-state index contributed by atoms with van der Waals surface area (Å²) in [5, 5.41) is 3.03. The van der Waals surface area contributed by atoms with E-state index in [-0.39, 0.29) is 16.4 Å². The van der Waals surface area contributed by atoms with E-state index in [1.54, 1.807) is 0 Å². The van der Waals surface area contributed by atoms with Crippen molar-refractivity contribution in [1.82, 2.24) is 10.0 Å². The van der Waals surface area contributed by atoms with E-state index in [0.717, 1.165) is 0 Å². The van der Waals surface area contributed by atoms with Crippen LogP contribution in [-0.2, 0) is 10.0 Å². The van der Waals surface area contributed by atoms with Crippen LogP contribution < -0.4 is 10.0 Å². The summed E-state index contributed by atoms with van der Waals surface area (Å²) in [5.74, 6) is 0. The van der Waals surface area contributed by atoms with E-state index < -0.39 is 16.1 Å². The van der Waals surface area contributed by atoms with Crippen LogP contribution in [0.2, 0.25) is 5.02 Å². The Balaban J connectivity index is 2.77. The van der Waals surface area contributed by atoms with Crippen molar-refractivity contribution in [2.24, 2.45) is 5.41 Å². The Bertz CT molecular complexity index is 577. The van der Waals surface area contributed by atoms with E-state index in [1.807, 2.05) is 32.4 Å². The molecule has 7 heteroatoms. The first-order valence-electron chi connectivity index (χ1n) is 6.11. The van der Waals surface area contributed by atoms with Gasteiger partial charge in [-0.1, -0.05) is 32.4 Å². The van der Waals surface area contributed by atoms with E-state index in [4.69, 9.17) is 11.6 Å². The maximum atomic E-state index is 12.0. The Kier molecular flexibility index (Phi) is 5.05. The van der Waals surface area contributed by atoms with Crippen LogP contribution in [0.5, 0.6) is 0 Å². The first-order valence-corrected chi connectivity index (χ1v) is 7.97. The van der Waals surface area contributed by atoms with E-state index in [2.05, 4.69) is 5.32 Å². The number of urea groups is 1. The van der Waals surface area contributed by atoms with Crippen molar-refractivity contribution < 1.29 is 13.2 Å². The maximum absolute atomic E-state index is 12.0. The number of halogens is 1. The van der Waals surface area contributed by atoms with Crippen molar-refractivity contribution in [3.05, 3.63) is 29.3 Å². The zero-order valence-electron chi connectivity index (χ0n) is 11.9. The van der Waals surface area contributed by atoms with Gasteiger partial charge in [0, 0.05) is 11.1 Å². The van der Waals surface area contributed by atoms with Crippen LogP contribution in [0.15, 0.2) is 29.2 Å². The first-order chi connectivity index (χ1) is 9.02. The average molecular weight is 319 g/mol. The lowest BCUT2D eigenvalue weighted by atomic mass is 9.88. The van der Waals surface area contributed by atoms with E-state index in [0.29, 0.717) is 5.02 Å². The minimum Gasteiger partial charge on any atom is -0.334 e. The lowest BCUT2D eigenvalue weighted by molar-refractivity contribution is 0.227. The third kappa shape index (κ3) is 4.68. The number of hydrogen-bond donors (Lipinski definition) is 2. The number of nitrogens with one attached hydrogen (secondary N) is 2. The molecular weight excluding hydrogens is 300 g/mol. The van der Waals surface area contributed by atoms with Crippen LogP contribution in [0.3, 0.4) is 0 Å². The van der Waals surface area contributed by atoms with Crippen LogP contribution >= 0.6 is 11.6 Å². The van der Waals surface area contributed by atoms with Crippen LogP contribution in [-0.4, -0.2) is 20.5 Å². The average Bonchev–Trinajstić information content (AvgIpc) is 2.27. The van der Waals surface area contributed by atoms with Crippen molar-refractivity contribution in [3.63, 3.8) is 0 Å². The number of carbonyl (C=O) groups excluding carboxylic acids is 1. The molecule has 112 valence electrons. The standard InChI is InChI=1S/C13H19ClN2O3S/c1-9(13(2,3)4)15-12(17)16-20(18,19)11-7-5-10(14)6-8-11/h5-9H,1-4H3,(H2,15,16,17). The molecule has 0 aliphatic heterocycles. The molecule has 0 aliphatic carbocycles. The fourth-order valence-corrected chi connectivity index (χ4v) is 2.28. The highest BCUT2D eigenvalue weighted by atomic mass is 35.5. The molecule has 0 bridgehead atoms. The number of rotatable bonds is 3. The molecule has 2 N–H and O–H groups in total. The van der Waals surface area contributed by atoms with Crippen molar-refractivity contribution in [2.75, 3.05) is 0 Å². The Morgan fingerprint density at radius 3 is 2.15 bits per heavy atom. The number of amides is 2. The molecule has 2 amide bonds. The molecule has 5 nitrogen and oxygen atoms in total. The van der Waals surface area contributed by atoms with Crippen LogP contribution in [0.1, 0.15) is 27.7 Å². The summed E-state index contributed by atoms with van der Waals surface area (Å²) < 4.78 is 25.9. The Hall–Kier alpha value is -1.27. The molecule has 1 aromatic rings. The van der Waals surface area contributed by atoms with Gasteiger partial charge in [-0.05, 0) is 36.6 Å². The summed E-state index contributed by atoms with van der Waals surface area (Å²) in [6.07, 6.45) is 0. The molecule has 0 heterocycles. The van der Waals surface area contributed by atoms with E-state index in [9.17, 15) is 13.2 Å². The molecule has 0 saturated heterocycles. The molecular formula is C13H19ClN2O3S. The molecule has 20 heavy (non-hydrogen) atoms. The van der Waals surface area contributed by atoms with Crippen molar-refractivity contribution in [3.8, 4) is 0 Å². The summed E-state index contributed by atoms with van der Waals surface area (Å²) in [6, 6.07) is 4.65. The van der Waals surface area contributed by atoms with E-state index >= 15 is 0 Å². The third-order valence-electron chi connectivity index (χ3n) is 3.00. The quantitative estimate of drug-likeness (QED) is 0.899. The minimum atomic E-state index is -3.89. The number of benzene rings is 1. The smallest absolute Gasteiger partial charge is 0.328 e.